The van der Waals surface area contributed by atoms with E-state index < -0.39 is 0 Å². The number of benzene rings is 2. The van der Waals surface area contributed by atoms with Gasteiger partial charge in [-0.15, -0.1) is 0 Å². The lowest BCUT2D eigenvalue weighted by molar-refractivity contribution is 1.03. The van der Waals surface area contributed by atoms with Gasteiger partial charge < -0.3 is 4.90 Å². The highest BCUT2D eigenvalue weighted by Gasteiger charge is 2.12. The van der Waals surface area contributed by atoms with Gasteiger partial charge in [-0.1, -0.05) is 25.1 Å². The largest absolute Gasteiger partial charge is 0.377 e. The third kappa shape index (κ3) is 2.99. The maximum absolute atomic E-state index is 5.48. The fourth-order valence-corrected chi connectivity index (χ4v) is 3.18. The second-order valence-electron chi connectivity index (χ2n) is 6.11. The Morgan fingerprint density at radius 3 is 2.62 bits per heavy atom. The molecule has 0 saturated carbocycles. The molecular weight excluding hydrogens is 316 g/mol. The molecule has 0 aliphatic heterocycles. The summed E-state index contributed by atoms with van der Waals surface area (Å²) < 4.78 is 2.60. The summed E-state index contributed by atoms with van der Waals surface area (Å²) in [7, 11) is 4.10. The minimum absolute atomic E-state index is 0.601. The summed E-state index contributed by atoms with van der Waals surface area (Å²) in [6.45, 7) is 4.26. The van der Waals surface area contributed by atoms with Crippen LogP contribution in [0, 0.1) is 11.7 Å². The minimum atomic E-state index is 0.601. The van der Waals surface area contributed by atoms with Crippen LogP contribution in [0.3, 0.4) is 0 Å². The first kappa shape index (κ1) is 16.5. The molecule has 4 nitrogen and oxygen atoms in total. The number of H-pyrrole nitrogens is 1. The van der Waals surface area contributed by atoms with Crippen molar-refractivity contribution in [3.8, 4) is 17.1 Å². The van der Waals surface area contributed by atoms with E-state index in [0.717, 1.165) is 23.5 Å². The van der Waals surface area contributed by atoms with Crippen molar-refractivity contribution in [1.29, 1.82) is 0 Å². The van der Waals surface area contributed by atoms with Crippen LogP contribution < -0.4 is 4.90 Å². The summed E-state index contributed by atoms with van der Waals surface area (Å²) in [5.41, 5.74) is 5.77. The molecule has 0 saturated heterocycles. The van der Waals surface area contributed by atoms with Crippen molar-refractivity contribution in [2.24, 2.45) is 0 Å². The number of hydrogen-bond acceptors (Lipinski definition) is 3. The highest BCUT2D eigenvalue weighted by Crippen LogP contribution is 2.26. The van der Waals surface area contributed by atoms with E-state index in [4.69, 9.17) is 12.2 Å². The Labute approximate surface area is 147 Å². The standard InChI is InChI=1S/C19H22N4S/c1-5-14-7-6-8-15(12-14)18-20-21-19(24)23(18)16-9-10-17(22(3)4)13(2)11-16/h6-12H,5H2,1-4H3,(H,21,24). The van der Waals surface area contributed by atoms with E-state index in [9.17, 15) is 0 Å². The van der Waals surface area contributed by atoms with Crippen LogP contribution >= 0.6 is 12.2 Å². The van der Waals surface area contributed by atoms with E-state index in [0.29, 0.717) is 4.77 Å². The molecule has 0 bridgehead atoms. The molecule has 0 atom stereocenters. The number of aryl methyl sites for hydroxylation is 2. The first-order chi connectivity index (χ1) is 11.5. The van der Waals surface area contributed by atoms with Gasteiger partial charge in [0, 0.05) is 25.3 Å². The molecule has 3 rings (SSSR count). The highest BCUT2D eigenvalue weighted by atomic mass is 32.1. The van der Waals surface area contributed by atoms with Crippen LogP contribution in [0.4, 0.5) is 5.69 Å². The quantitative estimate of drug-likeness (QED) is 0.710. The zero-order valence-corrected chi connectivity index (χ0v) is 15.3. The molecule has 1 aromatic heterocycles. The van der Waals surface area contributed by atoms with Crippen LogP contribution in [0.1, 0.15) is 18.1 Å². The summed E-state index contributed by atoms with van der Waals surface area (Å²) in [5.74, 6) is 0.840. The normalized spacial score (nSPS) is 10.8. The number of rotatable bonds is 4. The molecule has 0 radical (unpaired) electrons. The summed E-state index contributed by atoms with van der Waals surface area (Å²) >= 11 is 5.48. The zero-order chi connectivity index (χ0) is 17.3. The molecule has 1 N–H and O–H groups in total. The Morgan fingerprint density at radius 1 is 1.17 bits per heavy atom. The van der Waals surface area contributed by atoms with Crippen LogP contribution in [0.15, 0.2) is 42.5 Å². The van der Waals surface area contributed by atoms with Crippen molar-refractivity contribution in [1.82, 2.24) is 14.8 Å². The molecule has 3 aromatic rings. The lowest BCUT2D eigenvalue weighted by Crippen LogP contribution is -2.10. The van der Waals surface area contributed by atoms with Gasteiger partial charge in [-0.2, -0.15) is 5.10 Å². The first-order valence-electron chi connectivity index (χ1n) is 8.06. The number of anilines is 1. The number of aromatic nitrogens is 3. The summed E-state index contributed by atoms with van der Waals surface area (Å²) in [6.07, 6.45) is 0.996. The topological polar surface area (TPSA) is 36.9 Å². The second-order valence-corrected chi connectivity index (χ2v) is 6.49. The second kappa shape index (κ2) is 6.61. The van der Waals surface area contributed by atoms with Gasteiger partial charge in [-0.05, 0) is 61.0 Å². The van der Waals surface area contributed by atoms with Crippen LogP contribution in [-0.2, 0) is 6.42 Å². The number of nitrogens with zero attached hydrogens (tertiary/aromatic N) is 3. The van der Waals surface area contributed by atoms with Crippen molar-refractivity contribution >= 4 is 17.9 Å². The molecule has 0 amide bonds. The Bertz CT molecular complexity index is 921. The summed E-state index contributed by atoms with van der Waals surface area (Å²) in [5, 5.41) is 7.39. The van der Waals surface area contributed by atoms with E-state index in [1.165, 1.54) is 16.8 Å². The molecule has 0 aliphatic carbocycles. The molecule has 1 heterocycles. The fraction of sp³-hybridized carbons (Fsp3) is 0.263. The lowest BCUT2D eigenvalue weighted by Gasteiger charge is -2.17. The van der Waals surface area contributed by atoms with Crippen molar-refractivity contribution in [2.45, 2.75) is 20.3 Å². The third-order valence-corrected chi connectivity index (χ3v) is 4.46. The van der Waals surface area contributed by atoms with Crippen molar-refractivity contribution in [2.75, 3.05) is 19.0 Å². The number of hydrogen-bond donors (Lipinski definition) is 1. The van der Waals surface area contributed by atoms with Gasteiger partial charge in [-0.25, -0.2) is 0 Å². The van der Waals surface area contributed by atoms with Crippen molar-refractivity contribution in [3.63, 3.8) is 0 Å². The molecule has 2 aromatic carbocycles. The molecule has 124 valence electrons. The van der Waals surface area contributed by atoms with Crippen LogP contribution in [0.25, 0.3) is 17.1 Å². The monoisotopic (exact) mass is 338 g/mol. The summed E-state index contributed by atoms with van der Waals surface area (Å²) in [6, 6.07) is 14.8. The van der Waals surface area contributed by atoms with E-state index in [2.05, 4.69) is 71.4 Å². The molecule has 24 heavy (non-hydrogen) atoms. The van der Waals surface area contributed by atoms with Gasteiger partial charge >= 0.3 is 0 Å². The number of nitrogens with one attached hydrogen (secondary N) is 1. The SMILES string of the molecule is CCc1cccc(-c2n[nH]c(=S)n2-c2ccc(N(C)C)c(C)c2)c1. The van der Waals surface area contributed by atoms with Gasteiger partial charge in [0.05, 0.1) is 5.69 Å². The Kier molecular flexibility index (Phi) is 4.53. The van der Waals surface area contributed by atoms with E-state index in [1.54, 1.807) is 0 Å². The highest BCUT2D eigenvalue weighted by molar-refractivity contribution is 7.71. The predicted octanol–water partition coefficient (Wildman–Crippen LogP) is 4.53. The van der Waals surface area contributed by atoms with Gasteiger partial charge in [0.15, 0.2) is 10.6 Å². The van der Waals surface area contributed by atoms with Gasteiger partial charge in [0.1, 0.15) is 0 Å². The maximum Gasteiger partial charge on any atom is 0.200 e. The lowest BCUT2D eigenvalue weighted by atomic mass is 10.1. The average Bonchev–Trinajstić information content (AvgIpc) is 2.96. The average molecular weight is 338 g/mol. The maximum atomic E-state index is 5.48. The van der Waals surface area contributed by atoms with Gasteiger partial charge in [0.2, 0.25) is 0 Å². The van der Waals surface area contributed by atoms with Crippen molar-refractivity contribution < 1.29 is 0 Å². The Morgan fingerprint density at radius 2 is 1.96 bits per heavy atom. The molecule has 0 spiro atoms. The Hall–Kier alpha value is -2.40. The fourth-order valence-electron chi connectivity index (χ4n) is 2.94. The van der Waals surface area contributed by atoms with Crippen LogP contribution in [0.5, 0.6) is 0 Å². The third-order valence-electron chi connectivity index (χ3n) is 4.19. The number of aromatic amines is 1. The van der Waals surface area contributed by atoms with E-state index in [1.807, 2.05) is 18.7 Å². The molecule has 0 fully saturated rings. The van der Waals surface area contributed by atoms with E-state index in [-0.39, 0.29) is 0 Å². The molecule has 0 unspecified atom stereocenters. The zero-order valence-electron chi connectivity index (χ0n) is 14.5. The van der Waals surface area contributed by atoms with Crippen LogP contribution in [-0.4, -0.2) is 28.9 Å². The first-order valence-corrected chi connectivity index (χ1v) is 8.47. The summed E-state index contributed by atoms with van der Waals surface area (Å²) in [4.78, 5) is 2.11. The predicted molar refractivity (Wildman–Crippen MR) is 103 cm³/mol. The molecule has 0 aliphatic rings. The smallest absolute Gasteiger partial charge is 0.200 e. The van der Waals surface area contributed by atoms with Crippen LogP contribution in [0.2, 0.25) is 0 Å². The van der Waals surface area contributed by atoms with Gasteiger partial charge in [0.25, 0.3) is 0 Å². The molecule has 5 heteroatoms. The van der Waals surface area contributed by atoms with Gasteiger partial charge in [-0.3, -0.25) is 9.67 Å². The Balaban J connectivity index is 2.14. The van der Waals surface area contributed by atoms with Crippen molar-refractivity contribution in [3.05, 3.63) is 58.4 Å². The minimum Gasteiger partial charge on any atom is -0.377 e. The molecular formula is C19H22N4S. The van der Waals surface area contributed by atoms with E-state index >= 15 is 0 Å².